The van der Waals surface area contributed by atoms with E-state index in [2.05, 4.69) is 20.8 Å². The van der Waals surface area contributed by atoms with E-state index in [9.17, 15) is 13.5 Å². The minimum absolute atomic E-state index is 0.0709. The van der Waals surface area contributed by atoms with E-state index < -0.39 is 20.7 Å². The number of aliphatic hydroxyl groups is 1. The Morgan fingerprint density at radius 1 is 1.22 bits per heavy atom. The highest BCUT2D eigenvalue weighted by Crippen LogP contribution is 2.70. The van der Waals surface area contributed by atoms with E-state index in [0.29, 0.717) is 6.42 Å². The molecule has 2 bridgehead atoms. The summed E-state index contributed by atoms with van der Waals surface area (Å²) in [6.45, 7) is 9.97. The van der Waals surface area contributed by atoms with Gasteiger partial charge < -0.3 is 5.11 Å². The van der Waals surface area contributed by atoms with Crippen LogP contribution >= 0.6 is 0 Å². The molecule has 0 saturated heterocycles. The van der Waals surface area contributed by atoms with Gasteiger partial charge in [-0.3, -0.25) is 0 Å². The number of aliphatic hydroxyl groups excluding tert-OH is 1. The van der Waals surface area contributed by atoms with Crippen molar-refractivity contribution in [1.82, 2.24) is 0 Å². The lowest BCUT2D eigenvalue weighted by Gasteiger charge is -2.41. The summed E-state index contributed by atoms with van der Waals surface area (Å²) in [5.74, 6) is 0.255. The third kappa shape index (κ3) is 1.31. The Hall–Kier alpha value is -0.0900. The van der Waals surface area contributed by atoms with Crippen molar-refractivity contribution in [3.8, 4) is 0 Å². The van der Waals surface area contributed by atoms with Crippen LogP contribution in [0.2, 0.25) is 0 Å². The molecule has 2 saturated carbocycles. The van der Waals surface area contributed by atoms with Crippen molar-refractivity contribution >= 4 is 9.84 Å². The van der Waals surface area contributed by atoms with Crippen LogP contribution < -0.4 is 0 Å². The van der Waals surface area contributed by atoms with Crippen molar-refractivity contribution in [2.45, 2.75) is 64.7 Å². The van der Waals surface area contributed by atoms with Crippen molar-refractivity contribution in [2.24, 2.45) is 16.7 Å². The molecule has 2 aliphatic rings. The van der Waals surface area contributed by atoms with Crippen LogP contribution in [0.15, 0.2) is 0 Å². The fourth-order valence-corrected chi connectivity index (χ4v) is 7.14. The van der Waals surface area contributed by atoms with E-state index in [4.69, 9.17) is 0 Å². The van der Waals surface area contributed by atoms with Gasteiger partial charge in [-0.1, -0.05) is 27.7 Å². The SMILES string of the molecule is CCCS(=O)(=O)[C@@]1(C)[C@@H](O)[C@]2(C)CC[C@H]1C2(C)C. The molecule has 3 nitrogen and oxygen atoms in total. The zero-order valence-electron chi connectivity index (χ0n) is 12.2. The van der Waals surface area contributed by atoms with Gasteiger partial charge in [0.15, 0.2) is 9.84 Å². The summed E-state index contributed by atoms with van der Waals surface area (Å²) < 4.78 is 24.3. The standard InChI is InChI=1S/C14H26O3S/c1-6-9-18(16,17)14(5)10-7-8-13(4,11(14)15)12(10,2)3/h10-11,15H,6-9H2,1-5H3/t10-,11-,13-,14+/m0/s1. The molecule has 2 aliphatic carbocycles. The molecule has 0 radical (unpaired) electrons. The fourth-order valence-electron chi connectivity index (χ4n) is 4.72. The summed E-state index contributed by atoms with van der Waals surface area (Å²) in [5.41, 5.74) is -0.380. The normalized spacial score (nSPS) is 46.6. The topological polar surface area (TPSA) is 54.4 Å². The number of rotatable bonds is 3. The second-order valence-electron chi connectivity index (χ2n) is 7.14. The Kier molecular flexibility index (Phi) is 2.96. The van der Waals surface area contributed by atoms with Crippen LogP contribution in [0.3, 0.4) is 0 Å². The first-order valence-electron chi connectivity index (χ1n) is 6.96. The van der Waals surface area contributed by atoms with Gasteiger partial charge in [0, 0.05) is 5.41 Å². The first-order chi connectivity index (χ1) is 8.05. The average Bonchev–Trinajstić information content (AvgIpc) is 2.53. The summed E-state index contributed by atoms with van der Waals surface area (Å²) in [5, 5.41) is 10.7. The smallest absolute Gasteiger partial charge is 0.158 e. The number of hydrogen-bond acceptors (Lipinski definition) is 3. The van der Waals surface area contributed by atoms with Crippen LogP contribution in [0.25, 0.3) is 0 Å². The molecule has 0 amide bonds. The van der Waals surface area contributed by atoms with Gasteiger partial charge in [0.2, 0.25) is 0 Å². The van der Waals surface area contributed by atoms with E-state index in [-0.39, 0.29) is 22.5 Å². The van der Waals surface area contributed by atoms with Gasteiger partial charge in [0.25, 0.3) is 0 Å². The Labute approximate surface area is 111 Å². The van der Waals surface area contributed by atoms with Crippen molar-refractivity contribution in [1.29, 1.82) is 0 Å². The number of fused-ring (bicyclic) bond motifs is 2. The van der Waals surface area contributed by atoms with Crippen LogP contribution in [0.4, 0.5) is 0 Å². The first kappa shape index (κ1) is 14.3. The summed E-state index contributed by atoms with van der Waals surface area (Å²) in [6.07, 6.45) is 1.73. The third-order valence-electron chi connectivity index (χ3n) is 6.28. The molecular formula is C14H26O3S. The lowest BCUT2D eigenvalue weighted by molar-refractivity contribution is 0.000208. The lowest BCUT2D eigenvalue weighted by atomic mass is 9.70. The highest BCUT2D eigenvalue weighted by Gasteiger charge is 2.74. The summed E-state index contributed by atoms with van der Waals surface area (Å²) in [6, 6.07) is 0. The van der Waals surface area contributed by atoms with E-state index in [1.165, 1.54) is 0 Å². The maximum absolute atomic E-state index is 12.6. The molecular weight excluding hydrogens is 248 g/mol. The third-order valence-corrected chi connectivity index (χ3v) is 9.07. The van der Waals surface area contributed by atoms with Crippen molar-refractivity contribution in [2.75, 3.05) is 5.75 Å². The zero-order valence-corrected chi connectivity index (χ0v) is 13.0. The molecule has 0 aromatic carbocycles. The molecule has 0 aromatic heterocycles. The van der Waals surface area contributed by atoms with Crippen molar-refractivity contribution in [3.05, 3.63) is 0 Å². The van der Waals surface area contributed by atoms with Crippen molar-refractivity contribution in [3.63, 3.8) is 0 Å². The number of hydrogen-bond donors (Lipinski definition) is 1. The zero-order chi connectivity index (χ0) is 14.0. The second kappa shape index (κ2) is 3.72. The van der Waals surface area contributed by atoms with Crippen molar-refractivity contribution < 1.29 is 13.5 Å². The molecule has 0 unspecified atom stereocenters. The molecule has 0 aromatic rings. The van der Waals surface area contributed by atoms with Gasteiger partial charge in [-0.25, -0.2) is 8.42 Å². The predicted molar refractivity (Wildman–Crippen MR) is 73.1 cm³/mol. The fraction of sp³-hybridized carbons (Fsp3) is 1.00. The molecule has 0 aliphatic heterocycles. The highest BCUT2D eigenvalue weighted by molar-refractivity contribution is 7.92. The summed E-state index contributed by atoms with van der Waals surface area (Å²) >= 11 is 0. The average molecular weight is 274 g/mol. The Bertz CT molecular complexity index is 454. The maximum atomic E-state index is 12.6. The highest BCUT2D eigenvalue weighted by atomic mass is 32.2. The van der Waals surface area contributed by atoms with Gasteiger partial charge in [0.1, 0.15) is 0 Å². The van der Waals surface area contributed by atoms with Crippen LogP contribution in [0, 0.1) is 16.7 Å². The predicted octanol–water partition coefficient (Wildman–Crippen LogP) is 2.39. The van der Waals surface area contributed by atoms with Gasteiger partial charge >= 0.3 is 0 Å². The number of sulfone groups is 1. The van der Waals surface area contributed by atoms with Gasteiger partial charge in [0.05, 0.1) is 16.6 Å². The summed E-state index contributed by atoms with van der Waals surface area (Å²) in [4.78, 5) is 0. The minimum Gasteiger partial charge on any atom is -0.391 e. The van der Waals surface area contributed by atoms with Crippen LogP contribution in [-0.4, -0.2) is 30.1 Å². The Morgan fingerprint density at radius 3 is 2.17 bits per heavy atom. The quantitative estimate of drug-likeness (QED) is 0.859. The van der Waals surface area contributed by atoms with E-state index in [1.807, 2.05) is 6.92 Å². The van der Waals surface area contributed by atoms with E-state index in [1.54, 1.807) is 6.92 Å². The molecule has 4 atom stereocenters. The van der Waals surface area contributed by atoms with Gasteiger partial charge in [-0.2, -0.15) is 0 Å². The van der Waals surface area contributed by atoms with E-state index >= 15 is 0 Å². The summed E-state index contributed by atoms with van der Waals surface area (Å²) in [7, 11) is -3.25. The van der Waals surface area contributed by atoms with Gasteiger partial charge in [-0.15, -0.1) is 0 Å². The molecule has 18 heavy (non-hydrogen) atoms. The van der Waals surface area contributed by atoms with Crippen LogP contribution in [0.5, 0.6) is 0 Å². The van der Waals surface area contributed by atoms with Gasteiger partial charge in [-0.05, 0) is 37.5 Å². The molecule has 2 fully saturated rings. The second-order valence-corrected chi connectivity index (χ2v) is 9.65. The Balaban J connectivity index is 2.56. The molecule has 1 N–H and O–H groups in total. The minimum atomic E-state index is -3.25. The molecule has 4 heteroatoms. The molecule has 0 heterocycles. The maximum Gasteiger partial charge on any atom is 0.158 e. The lowest BCUT2D eigenvalue weighted by Crippen LogP contribution is -2.54. The Morgan fingerprint density at radius 2 is 1.78 bits per heavy atom. The molecule has 0 spiro atoms. The largest absolute Gasteiger partial charge is 0.391 e. The van der Waals surface area contributed by atoms with Crippen LogP contribution in [0.1, 0.15) is 53.9 Å². The molecule has 2 rings (SSSR count). The monoisotopic (exact) mass is 274 g/mol. The van der Waals surface area contributed by atoms with Crippen LogP contribution in [-0.2, 0) is 9.84 Å². The van der Waals surface area contributed by atoms with E-state index in [0.717, 1.165) is 12.8 Å². The first-order valence-corrected chi connectivity index (χ1v) is 8.61. The molecule has 106 valence electrons.